The topological polar surface area (TPSA) is 46.5 Å². The lowest BCUT2D eigenvalue weighted by atomic mass is 10.1. The quantitative estimate of drug-likeness (QED) is 0.819. The van der Waals surface area contributed by atoms with E-state index in [1.54, 1.807) is 7.11 Å². The molecule has 0 aromatic heterocycles. The van der Waals surface area contributed by atoms with Gasteiger partial charge in [0.25, 0.3) is 0 Å². The lowest BCUT2D eigenvalue weighted by molar-refractivity contribution is -0.138. The predicted octanol–water partition coefficient (Wildman–Crippen LogP) is 1.96. The summed E-state index contributed by atoms with van der Waals surface area (Å²) in [5.74, 6) is 0.390. The number of benzene rings is 1. The van der Waals surface area contributed by atoms with E-state index in [0.717, 1.165) is 18.6 Å². The molecule has 0 amide bonds. The van der Waals surface area contributed by atoms with Gasteiger partial charge in [-0.05, 0) is 36.5 Å². The van der Waals surface area contributed by atoms with E-state index >= 15 is 0 Å². The highest BCUT2D eigenvalue weighted by molar-refractivity contribution is 5.73. The zero-order valence-electron chi connectivity index (χ0n) is 8.64. The molecule has 1 aromatic carbocycles. The van der Waals surface area contributed by atoms with Crippen LogP contribution in [0.3, 0.4) is 0 Å². The van der Waals surface area contributed by atoms with Gasteiger partial charge < -0.3 is 9.84 Å². The van der Waals surface area contributed by atoms with Crippen LogP contribution in [0.1, 0.15) is 12.0 Å². The van der Waals surface area contributed by atoms with E-state index in [9.17, 15) is 4.79 Å². The Balaban J connectivity index is 1.92. The minimum Gasteiger partial charge on any atom is -0.497 e. The van der Waals surface area contributed by atoms with Crippen molar-refractivity contribution >= 4 is 5.97 Å². The zero-order valence-corrected chi connectivity index (χ0v) is 8.64. The van der Waals surface area contributed by atoms with Crippen molar-refractivity contribution in [3.63, 3.8) is 0 Å². The van der Waals surface area contributed by atoms with Crippen LogP contribution in [0.4, 0.5) is 0 Å². The molecule has 0 radical (unpaired) electrons. The Bertz CT molecular complexity index is 356. The van der Waals surface area contributed by atoms with Crippen molar-refractivity contribution in [3.05, 3.63) is 29.8 Å². The molecule has 1 aromatic rings. The maximum Gasteiger partial charge on any atom is 0.306 e. The van der Waals surface area contributed by atoms with Gasteiger partial charge in [0.15, 0.2) is 0 Å². The molecule has 0 aliphatic heterocycles. The summed E-state index contributed by atoms with van der Waals surface area (Å²) in [5.41, 5.74) is 1.18. The minimum atomic E-state index is -0.659. The third-order valence-corrected chi connectivity index (χ3v) is 2.90. The van der Waals surface area contributed by atoms with Crippen molar-refractivity contribution in [2.45, 2.75) is 12.8 Å². The lowest BCUT2D eigenvalue weighted by Gasteiger charge is -2.02. The molecule has 0 saturated heterocycles. The van der Waals surface area contributed by atoms with Gasteiger partial charge in [-0.2, -0.15) is 0 Å². The van der Waals surface area contributed by atoms with Crippen LogP contribution in [0.25, 0.3) is 0 Å². The maximum atomic E-state index is 10.6. The molecule has 3 heteroatoms. The number of aliphatic carboxylic acids is 1. The molecule has 1 aliphatic rings. The van der Waals surface area contributed by atoms with Crippen LogP contribution in [0.15, 0.2) is 24.3 Å². The van der Waals surface area contributed by atoms with Crippen molar-refractivity contribution < 1.29 is 14.6 Å². The van der Waals surface area contributed by atoms with Gasteiger partial charge in [0.05, 0.1) is 13.0 Å². The van der Waals surface area contributed by atoms with Crippen LogP contribution >= 0.6 is 0 Å². The first kappa shape index (κ1) is 10.0. The fourth-order valence-electron chi connectivity index (χ4n) is 1.84. The van der Waals surface area contributed by atoms with Crippen LogP contribution in [0.2, 0.25) is 0 Å². The summed E-state index contributed by atoms with van der Waals surface area (Å²) >= 11 is 0. The molecule has 1 aliphatic carbocycles. The Labute approximate surface area is 88.7 Å². The minimum absolute atomic E-state index is 0.118. The molecule has 0 bridgehead atoms. The van der Waals surface area contributed by atoms with Gasteiger partial charge in [-0.15, -0.1) is 0 Å². The van der Waals surface area contributed by atoms with Gasteiger partial charge in [-0.1, -0.05) is 12.1 Å². The normalized spacial score (nSPS) is 23.5. The summed E-state index contributed by atoms with van der Waals surface area (Å²) in [6.45, 7) is 0. The second kappa shape index (κ2) is 3.93. The third-order valence-electron chi connectivity index (χ3n) is 2.90. The standard InChI is InChI=1S/C12H14O3/c1-15-10-4-2-8(3-5-10)6-9-7-11(9)12(13)14/h2-5,9,11H,6-7H2,1H3,(H,13,14). The number of carboxylic acids is 1. The van der Waals surface area contributed by atoms with Crippen molar-refractivity contribution in [3.8, 4) is 5.75 Å². The first-order valence-corrected chi connectivity index (χ1v) is 5.06. The molecular weight excluding hydrogens is 192 g/mol. The summed E-state index contributed by atoms with van der Waals surface area (Å²) in [5, 5.41) is 8.76. The van der Waals surface area contributed by atoms with Crippen molar-refractivity contribution in [2.24, 2.45) is 11.8 Å². The van der Waals surface area contributed by atoms with Crippen LogP contribution in [0, 0.1) is 11.8 Å². The van der Waals surface area contributed by atoms with Gasteiger partial charge in [-0.3, -0.25) is 4.79 Å². The third kappa shape index (κ3) is 2.29. The van der Waals surface area contributed by atoms with E-state index in [2.05, 4.69) is 0 Å². The van der Waals surface area contributed by atoms with Crippen LogP contribution in [-0.2, 0) is 11.2 Å². The number of methoxy groups -OCH3 is 1. The first-order valence-electron chi connectivity index (χ1n) is 5.06. The van der Waals surface area contributed by atoms with Crippen molar-refractivity contribution in [2.75, 3.05) is 7.11 Å². The van der Waals surface area contributed by atoms with Gasteiger partial charge in [0.1, 0.15) is 5.75 Å². The van der Waals surface area contributed by atoms with E-state index in [0.29, 0.717) is 5.92 Å². The van der Waals surface area contributed by atoms with E-state index in [1.807, 2.05) is 24.3 Å². The molecule has 15 heavy (non-hydrogen) atoms. The lowest BCUT2D eigenvalue weighted by Crippen LogP contribution is -2.01. The molecule has 0 spiro atoms. The SMILES string of the molecule is COc1ccc(CC2CC2C(=O)O)cc1. The highest BCUT2D eigenvalue weighted by Gasteiger charge is 2.42. The number of hydrogen-bond acceptors (Lipinski definition) is 2. The van der Waals surface area contributed by atoms with E-state index < -0.39 is 5.97 Å². The van der Waals surface area contributed by atoms with E-state index in [4.69, 9.17) is 9.84 Å². The molecule has 1 fully saturated rings. The highest BCUT2D eigenvalue weighted by atomic mass is 16.5. The average molecular weight is 206 g/mol. The Morgan fingerprint density at radius 2 is 2.13 bits per heavy atom. The number of rotatable bonds is 4. The summed E-state index contributed by atoms with van der Waals surface area (Å²) in [6.07, 6.45) is 1.68. The number of ether oxygens (including phenoxy) is 1. The predicted molar refractivity (Wildman–Crippen MR) is 55.9 cm³/mol. The van der Waals surface area contributed by atoms with Crippen molar-refractivity contribution in [1.29, 1.82) is 0 Å². The number of carboxylic acid groups (broad SMARTS) is 1. The highest BCUT2D eigenvalue weighted by Crippen LogP contribution is 2.41. The van der Waals surface area contributed by atoms with Crippen LogP contribution in [0.5, 0.6) is 5.75 Å². The molecule has 3 nitrogen and oxygen atoms in total. The van der Waals surface area contributed by atoms with Crippen LogP contribution < -0.4 is 4.74 Å². The molecule has 1 N–H and O–H groups in total. The van der Waals surface area contributed by atoms with Gasteiger partial charge in [-0.25, -0.2) is 0 Å². The molecule has 2 rings (SSSR count). The Morgan fingerprint density at radius 3 is 2.60 bits per heavy atom. The zero-order chi connectivity index (χ0) is 10.8. The number of hydrogen-bond donors (Lipinski definition) is 1. The summed E-state index contributed by atoms with van der Waals surface area (Å²) in [7, 11) is 1.64. The Hall–Kier alpha value is -1.51. The fraction of sp³-hybridized carbons (Fsp3) is 0.417. The molecule has 0 heterocycles. The Morgan fingerprint density at radius 1 is 1.47 bits per heavy atom. The largest absolute Gasteiger partial charge is 0.497 e. The van der Waals surface area contributed by atoms with Crippen molar-refractivity contribution in [1.82, 2.24) is 0 Å². The monoisotopic (exact) mass is 206 g/mol. The van der Waals surface area contributed by atoms with Gasteiger partial charge in [0, 0.05) is 0 Å². The maximum absolute atomic E-state index is 10.6. The van der Waals surface area contributed by atoms with E-state index in [1.165, 1.54) is 5.56 Å². The summed E-state index contributed by atoms with van der Waals surface area (Å²) < 4.78 is 5.06. The number of carbonyl (C=O) groups is 1. The second-order valence-electron chi connectivity index (χ2n) is 3.99. The fourth-order valence-corrected chi connectivity index (χ4v) is 1.84. The molecule has 1 saturated carbocycles. The molecular formula is C12H14O3. The second-order valence-corrected chi connectivity index (χ2v) is 3.99. The first-order chi connectivity index (χ1) is 7.20. The van der Waals surface area contributed by atoms with Gasteiger partial charge in [0.2, 0.25) is 0 Å². The van der Waals surface area contributed by atoms with Gasteiger partial charge >= 0.3 is 5.97 Å². The smallest absolute Gasteiger partial charge is 0.306 e. The van der Waals surface area contributed by atoms with E-state index in [-0.39, 0.29) is 5.92 Å². The summed E-state index contributed by atoms with van der Waals surface area (Å²) in [4.78, 5) is 10.6. The molecule has 2 unspecified atom stereocenters. The van der Waals surface area contributed by atoms with Crippen LogP contribution in [-0.4, -0.2) is 18.2 Å². The Kier molecular flexibility index (Phi) is 2.62. The molecule has 2 atom stereocenters. The summed E-state index contributed by atoms with van der Waals surface area (Å²) in [6, 6.07) is 7.81. The average Bonchev–Trinajstić information content (AvgIpc) is 2.98. The molecule has 80 valence electrons.